The molecule has 5 nitrogen and oxygen atoms in total. The summed E-state index contributed by atoms with van der Waals surface area (Å²) in [5, 5.41) is 5.50. The van der Waals surface area contributed by atoms with Gasteiger partial charge in [0.05, 0.1) is 0 Å². The molecule has 0 bridgehead atoms. The summed E-state index contributed by atoms with van der Waals surface area (Å²) in [6.07, 6.45) is 3.35. The van der Waals surface area contributed by atoms with Gasteiger partial charge in [0.15, 0.2) is 0 Å². The van der Waals surface area contributed by atoms with Gasteiger partial charge in [-0.2, -0.15) is 0 Å². The standard InChI is InChI=1S/C12H23N3O2/c1-3-6-14-11(16)8(2)15-12(17)9-4-5-10(13)7-9/h8-10H,3-7,13H2,1-2H3,(H,14,16)(H,15,17). The van der Waals surface area contributed by atoms with E-state index >= 15 is 0 Å². The van der Waals surface area contributed by atoms with Crippen LogP contribution in [-0.4, -0.2) is 30.4 Å². The van der Waals surface area contributed by atoms with Crippen molar-refractivity contribution in [1.82, 2.24) is 10.6 Å². The third kappa shape index (κ3) is 4.34. The van der Waals surface area contributed by atoms with Gasteiger partial charge in [-0.05, 0) is 32.6 Å². The van der Waals surface area contributed by atoms with Crippen molar-refractivity contribution in [2.24, 2.45) is 11.7 Å². The molecule has 1 aliphatic rings. The van der Waals surface area contributed by atoms with E-state index in [-0.39, 0.29) is 23.8 Å². The third-order valence-corrected chi connectivity index (χ3v) is 3.15. The highest BCUT2D eigenvalue weighted by Gasteiger charge is 2.29. The summed E-state index contributed by atoms with van der Waals surface area (Å²) in [5.41, 5.74) is 5.76. The van der Waals surface area contributed by atoms with Gasteiger partial charge in [0.1, 0.15) is 6.04 Å². The maximum absolute atomic E-state index is 11.8. The number of rotatable bonds is 5. The van der Waals surface area contributed by atoms with E-state index in [4.69, 9.17) is 5.73 Å². The van der Waals surface area contributed by atoms with Crippen LogP contribution < -0.4 is 16.4 Å². The normalized spacial score (nSPS) is 25.4. The molecule has 0 saturated heterocycles. The van der Waals surface area contributed by atoms with Crippen LogP contribution >= 0.6 is 0 Å². The molecule has 0 aliphatic heterocycles. The Kier molecular flexibility index (Phi) is 5.41. The Morgan fingerprint density at radius 3 is 2.65 bits per heavy atom. The van der Waals surface area contributed by atoms with E-state index in [9.17, 15) is 9.59 Å². The van der Waals surface area contributed by atoms with Crippen LogP contribution in [-0.2, 0) is 9.59 Å². The smallest absolute Gasteiger partial charge is 0.242 e. The van der Waals surface area contributed by atoms with E-state index in [2.05, 4.69) is 10.6 Å². The van der Waals surface area contributed by atoms with Crippen LogP contribution in [0.25, 0.3) is 0 Å². The van der Waals surface area contributed by atoms with Crippen LogP contribution in [0.15, 0.2) is 0 Å². The first kappa shape index (κ1) is 14.0. The summed E-state index contributed by atoms with van der Waals surface area (Å²) >= 11 is 0. The van der Waals surface area contributed by atoms with Crippen molar-refractivity contribution >= 4 is 11.8 Å². The first-order valence-electron chi connectivity index (χ1n) is 6.38. The molecule has 98 valence electrons. The SMILES string of the molecule is CCCNC(=O)C(C)NC(=O)C1CCC(N)C1. The van der Waals surface area contributed by atoms with E-state index in [0.29, 0.717) is 6.54 Å². The van der Waals surface area contributed by atoms with Gasteiger partial charge < -0.3 is 16.4 Å². The molecule has 0 spiro atoms. The van der Waals surface area contributed by atoms with Gasteiger partial charge in [0.25, 0.3) is 0 Å². The number of nitrogens with two attached hydrogens (primary N) is 1. The Bertz CT molecular complexity index is 281. The molecule has 0 radical (unpaired) electrons. The summed E-state index contributed by atoms with van der Waals surface area (Å²) in [4.78, 5) is 23.4. The predicted octanol–water partition coefficient (Wildman–Crippen LogP) is 0.145. The van der Waals surface area contributed by atoms with E-state index in [0.717, 1.165) is 25.7 Å². The fourth-order valence-corrected chi connectivity index (χ4v) is 2.05. The maximum Gasteiger partial charge on any atom is 0.242 e. The van der Waals surface area contributed by atoms with E-state index in [1.807, 2.05) is 6.92 Å². The molecule has 0 aromatic rings. The summed E-state index contributed by atoms with van der Waals surface area (Å²) in [5.74, 6) is -0.189. The largest absolute Gasteiger partial charge is 0.354 e. The molecule has 1 fully saturated rings. The Balaban J connectivity index is 2.32. The van der Waals surface area contributed by atoms with Crippen molar-refractivity contribution in [3.63, 3.8) is 0 Å². The van der Waals surface area contributed by atoms with Crippen LogP contribution in [0.5, 0.6) is 0 Å². The first-order valence-corrected chi connectivity index (χ1v) is 6.38. The molecule has 3 atom stereocenters. The first-order chi connectivity index (χ1) is 8.04. The lowest BCUT2D eigenvalue weighted by Gasteiger charge is -2.16. The second-order valence-corrected chi connectivity index (χ2v) is 4.79. The lowest BCUT2D eigenvalue weighted by Crippen LogP contribution is -2.46. The van der Waals surface area contributed by atoms with Gasteiger partial charge in [-0.3, -0.25) is 9.59 Å². The van der Waals surface area contributed by atoms with Crippen LogP contribution in [0, 0.1) is 5.92 Å². The van der Waals surface area contributed by atoms with Crippen LogP contribution in [0.4, 0.5) is 0 Å². The zero-order valence-electron chi connectivity index (χ0n) is 10.7. The predicted molar refractivity (Wildman–Crippen MR) is 66.2 cm³/mol. The molecular formula is C12H23N3O2. The zero-order valence-corrected chi connectivity index (χ0v) is 10.7. The van der Waals surface area contributed by atoms with E-state index < -0.39 is 6.04 Å². The minimum Gasteiger partial charge on any atom is -0.354 e. The molecule has 5 heteroatoms. The lowest BCUT2D eigenvalue weighted by molar-refractivity contribution is -0.130. The van der Waals surface area contributed by atoms with Crippen molar-refractivity contribution in [3.05, 3.63) is 0 Å². The Morgan fingerprint density at radius 2 is 2.12 bits per heavy atom. The van der Waals surface area contributed by atoms with Crippen molar-refractivity contribution in [2.75, 3.05) is 6.54 Å². The van der Waals surface area contributed by atoms with E-state index in [1.54, 1.807) is 6.92 Å². The fraction of sp³-hybridized carbons (Fsp3) is 0.833. The maximum atomic E-state index is 11.8. The number of amides is 2. The highest BCUT2D eigenvalue weighted by atomic mass is 16.2. The molecule has 0 aromatic carbocycles. The number of carbonyl (C=O) groups excluding carboxylic acids is 2. The Morgan fingerprint density at radius 1 is 1.41 bits per heavy atom. The molecule has 0 heterocycles. The number of nitrogens with one attached hydrogen (secondary N) is 2. The molecule has 1 rings (SSSR count). The van der Waals surface area contributed by atoms with Crippen molar-refractivity contribution in [1.29, 1.82) is 0 Å². The molecule has 4 N–H and O–H groups in total. The van der Waals surface area contributed by atoms with Gasteiger partial charge in [0.2, 0.25) is 11.8 Å². The zero-order chi connectivity index (χ0) is 12.8. The van der Waals surface area contributed by atoms with Gasteiger partial charge in [0, 0.05) is 18.5 Å². The van der Waals surface area contributed by atoms with Gasteiger partial charge in [-0.25, -0.2) is 0 Å². The fourth-order valence-electron chi connectivity index (χ4n) is 2.05. The Labute approximate surface area is 103 Å². The second-order valence-electron chi connectivity index (χ2n) is 4.79. The van der Waals surface area contributed by atoms with Gasteiger partial charge in [-0.15, -0.1) is 0 Å². The minimum atomic E-state index is -0.467. The highest BCUT2D eigenvalue weighted by molar-refractivity contribution is 5.88. The van der Waals surface area contributed by atoms with Crippen molar-refractivity contribution in [2.45, 2.75) is 51.6 Å². The average molecular weight is 241 g/mol. The monoisotopic (exact) mass is 241 g/mol. The quantitative estimate of drug-likeness (QED) is 0.640. The highest BCUT2D eigenvalue weighted by Crippen LogP contribution is 2.24. The molecule has 17 heavy (non-hydrogen) atoms. The van der Waals surface area contributed by atoms with Crippen LogP contribution in [0.1, 0.15) is 39.5 Å². The molecule has 3 unspecified atom stereocenters. The topological polar surface area (TPSA) is 84.2 Å². The average Bonchev–Trinajstić information content (AvgIpc) is 2.72. The van der Waals surface area contributed by atoms with Gasteiger partial charge in [-0.1, -0.05) is 6.92 Å². The molecule has 0 aromatic heterocycles. The number of hydrogen-bond donors (Lipinski definition) is 3. The lowest BCUT2D eigenvalue weighted by atomic mass is 10.1. The molecule has 1 aliphatic carbocycles. The summed E-state index contributed by atoms with van der Waals surface area (Å²) in [6, 6.07) is -0.333. The van der Waals surface area contributed by atoms with Crippen LogP contribution in [0.2, 0.25) is 0 Å². The summed E-state index contributed by atoms with van der Waals surface area (Å²) < 4.78 is 0. The number of hydrogen-bond acceptors (Lipinski definition) is 3. The molecule has 1 saturated carbocycles. The van der Waals surface area contributed by atoms with Crippen molar-refractivity contribution < 1.29 is 9.59 Å². The van der Waals surface area contributed by atoms with Crippen LogP contribution in [0.3, 0.4) is 0 Å². The summed E-state index contributed by atoms with van der Waals surface area (Å²) in [7, 11) is 0. The van der Waals surface area contributed by atoms with Crippen molar-refractivity contribution in [3.8, 4) is 0 Å². The molecule has 2 amide bonds. The molecular weight excluding hydrogens is 218 g/mol. The second kappa shape index (κ2) is 6.59. The van der Waals surface area contributed by atoms with E-state index in [1.165, 1.54) is 0 Å². The Hall–Kier alpha value is -1.10. The third-order valence-electron chi connectivity index (χ3n) is 3.15. The minimum absolute atomic E-state index is 0.0218. The number of carbonyl (C=O) groups is 2. The van der Waals surface area contributed by atoms with Gasteiger partial charge >= 0.3 is 0 Å². The summed E-state index contributed by atoms with van der Waals surface area (Å²) in [6.45, 7) is 4.34.